The summed E-state index contributed by atoms with van der Waals surface area (Å²) < 4.78 is 32.2. The van der Waals surface area contributed by atoms with E-state index in [1.165, 1.54) is 28.9 Å². The highest BCUT2D eigenvalue weighted by Gasteiger charge is 2.27. The predicted octanol–water partition coefficient (Wildman–Crippen LogP) is 2.03. The number of amides is 1. The second-order valence-electron chi connectivity index (χ2n) is 7.19. The number of piperidine rings is 1. The van der Waals surface area contributed by atoms with Gasteiger partial charge >= 0.3 is 0 Å². The Hall–Kier alpha value is -1.19. The third-order valence-electron chi connectivity index (χ3n) is 4.93. The number of halogens is 1. The second-order valence-corrected chi connectivity index (χ2v) is 9.53. The molecule has 0 radical (unpaired) electrons. The number of hydrogen-bond donors (Lipinski definition) is 1. The maximum absolute atomic E-state index is 12.8. The maximum Gasteiger partial charge on any atom is 0.243 e. The molecular formula is C18H26ClN3O4S. The van der Waals surface area contributed by atoms with Gasteiger partial charge in [0.1, 0.15) is 0 Å². The summed E-state index contributed by atoms with van der Waals surface area (Å²) >= 11 is 6.19. The smallest absolute Gasteiger partial charge is 0.243 e. The minimum Gasteiger partial charge on any atom is -0.379 e. The van der Waals surface area contributed by atoms with Gasteiger partial charge in [0, 0.05) is 19.6 Å². The van der Waals surface area contributed by atoms with Gasteiger partial charge in [-0.05, 0) is 43.5 Å². The third-order valence-corrected chi connectivity index (χ3v) is 7.15. The van der Waals surface area contributed by atoms with E-state index in [9.17, 15) is 13.2 Å². The number of hydrogen-bond acceptors (Lipinski definition) is 5. The van der Waals surface area contributed by atoms with E-state index in [4.69, 9.17) is 16.3 Å². The van der Waals surface area contributed by atoms with Crippen LogP contribution in [0.25, 0.3) is 0 Å². The van der Waals surface area contributed by atoms with E-state index in [-0.39, 0.29) is 17.3 Å². The molecule has 0 saturated carbocycles. The Bertz CT molecular complexity index is 781. The molecule has 1 aromatic carbocycles. The molecule has 2 aliphatic rings. The van der Waals surface area contributed by atoms with Crippen molar-refractivity contribution < 1.29 is 17.9 Å². The number of anilines is 1. The largest absolute Gasteiger partial charge is 0.379 e. The van der Waals surface area contributed by atoms with Crippen molar-refractivity contribution in [2.75, 3.05) is 51.3 Å². The SMILES string of the molecule is CC1CCCN(CC(=O)Nc2cc(S(=O)(=O)N3CCOCC3)ccc2Cl)C1. The predicted molar refractivity (Wildman–Crippen MR) is 104 cm³/mol. The average molecular weight is 416 g/mol. The second kappa shape index (κ2) is 8.87. The van der Waals surface area contributed by atoms with Gasteiger partial charge in [0.25, 0.3) is 0 Å². The Labute approximate surface area is 165 Å². The summed E-state index contributed by atoms with van der Waals surface area (Å²) in [5.74, 6) is 0.393. The summed E-state index contributed by atoms with van der Waals surface area (Å²) in [6.45, 7) is 5.65. The molecule has 0 aromatic heterocycles. The van der Waals surface area contributed by atoms with Gasteiger partial charge < -0.3 is 10.1 Å². The molecule has 150 valence electrons. The summed E-state index contributed by atoms with van der Waals surface area (Å²) in [6, 6.07) is 4.41. The van der Waals surface area contributed by atoms with Crippen LogP contribution in [-0.2, 0) is 19.6 Å². The molecule has 1 amide bonds. The standard InChI is InChI=1S/C18H26ClN3O4S/c1-14-3-2-6-21(12-14)13-18(23)20-17-11-15(4-5-16(17)19)27(24,25)22-7-9-26-10-8-22/h4-5,11,14H,2-3,6-10,12-13H2,1H3,(H,20,23). The molecule has 2 saturated heterocycles. The fraction of sp³-hybridized carbons (Fsp3) is 0.611. The van der Waals surface area contributed by atoms with Crippen molar-refractivity contribution in [1.82, 2.24) is 9.21 Å². The lowest BCUT2D eigenvalue weighted by Gasteiger charge is -2.30. The number of ether oxygens (including phenoxy) is 1. The van der Waals surface area contributed by atoms with Gasteiger partial charge in [-0.3, -0.25) is 9.69 Å². The van der Waals surface area contributed by atoms with Crippen LogP contribution in [-0.4, -0.2) is 69.5 Å². The van der Waals surface area contributed by atoms with Crippen LogP contribution in [0.5, 0.6) is 0 Å². The van der Waals surface area contributed by atoms with Crippen LogP contribution >= 0.6 is 11.6 Å². The molecule has 3 rings (SSSR count). The molecule has 1 unspecified atom stereocenters. The summed E-state index contributed by atoms with van der Waals surface area (Å²) in [6.07, 6.45) is 2.27. The topological polar surface area (TPSA) is 79.0 Å². The fourth-order valence-corrected chi connectivity index (χ4v) is 5.12. The van der Waals surface area contributed by atoms with Crippen molar-refractivity contribution in [3.05, 3.63) is 23.2 Å². The van der Waals surface area contributed by atoms with E-state index < -0.39 is 10.0 Å². The first kappa shape index (κ1) is 20.5. The average Bonchev–Trinajstić information content (AvgIpc) is 2.64. The van der Waals surface area contributed by atoms with Gasteiger partial charge in [0.15, 0.2) is 0 Å². The summed E-state index contributed by atoms with van der Waals surface area (Å²) in [5.41, 5.74) is 0.320. The summed E-state index contributed by atoms with van der Waals surface area (Å²) in [5, 5.41) is 3.08. The first-order valence-corrected chi connectivity index (χ1v) is 11.1. The molecule has 1 atom stereocenters. The highest BCUT2D eigenvalue weighted by atomic mass is 35.5. The fourth-order valence-electron chi connectivity index (χ4n) is 3.52. The van der Waals surface area contributed by atoms with Crippen LogP contribution in [0.2, 0.25) is 5.02 Å². The van der Waals surface area contributed by atoms with E-state index in [0.717, 1.165) is 19.5 Å². The van der Waals surface area contributed by atoms with Crippen LogP contribution in [0.15, 0.2) is 23.1 Å². The van der Waals surface area contributed by atoms with Crippen molar-refractivity contribution in [2.45, 2.75) is 24.7 Å². The Morgan fingerprint density at radius 1 is 1.30 bits per heavy atom. The molecule has 2 fully saturated rings. The van der Waals surface area contributed by atoms with Crippen molar-refractivity contribution in [3.8, 4) is 0 Å². The van der Waals surface area contributed by atoms with Crippen molar-refractivity contribution in [3.63, 3.8) is 0 Å². The van der Waals surface area contributed by atoms with E-state index in [1.54, 1.807) is 0 Å². The van der Waals surface area contributed by atoms with E-state index in [1.807, 2.05) is 0 Å². The van der Waals surface area contributed by atoms with Crippen LogP contribution in [0.4, 0.5) is 5.69 Å². The lowest BCUT2D eigenvalue weighted by atomic mass is 10.0. The van der Waals surface area contributed by atoms with E-state index in [2.05, 4.69) is 17.1 Å². The Morgan fingerprint density at radius 2 is 2.04 bits per heavy atom. The quantitative estimate of drug-likeness (QED) is 0.796. The van der Waals surface area contributed by atoms with Gasteiger partial charge in [-0.1, -0.05) is 18.5 Å². The minimum absolute atomic E-state index is 0.121. The van der Waals surface area contributed by atoms with Crippen LogP contribution in [0, 0.1) is 5.92 Å². The Kier molecular flexibility index (Phi) is 6.75. The number of likely N-dealkylation sites (tertiary alicyclic amines) is 1. The highest BCUT2D eigenvalue weighted by molar-refractivity contribution is 7.89. The molecule has 1 N–H and O–H groups in total. The molecule has 2 heterocycles. The highest BCUT2D eigenvalue weighted by Crippen LogP contribution is 2.27. The minimum atomic E-state index is -3.64. The van der Waals surface area contributed by atoms with Crippen molar-refractivity contribution in [2.24, 2.45) is 5.92 Å². The zero-order valence-electron chi connectivity index (χ0n) is 15.5. The van der Waals surface area contributed by atoms with Crippen molar-refractivity contribution in [1.29, 1.82) is 0 Å². The molecule has 2 aliphatic heterocycles. The number of sulfonamides is 1. The van der Waals surface area contributed by atoms with E-state index >= 15 is 0 Å². The number of nitrogens with zero attached hydrogens (tertiary/aromatic N) is 2. The number of carbonyl (C=O) groups excluding carboxylic acids is 1. The third kappa shape index (κ3) is 5.20. The van der Waals surface area contributed by atoms with E-state index in [0.29, 0.717) is 42.9 Å². The maximum atomic E-state index is 12.8. The van der Waals surface area contributed by atoms with Gasteiger partial charge in [0.05, 0.1) is 35.4 Å². The van der Waals surface area contributed by atoms with Crippen LogP contribution in [0.3, 0.4) is 0 Å². The van der Waals surface area contributed by atoms with Gasteiger partial charge in [0.2, 0.25) is 15.9 Å². The first-order chi connectivity index (χ1) is 12.9. The van der Waals surface area contributed by atoms with Gasteiger partial charge in [-0.2, -0.15) is 4.31 Å². The Balaban J connectivity index is 1.70. The van der Waals surface area contributed by atoms with Crippen LogP contribution < -0.4 is 5.32 Å². The number of carbonyl (C=O) groups is 1. The molecule has 0 aliphatic carbocycles. The first-order valence-electron chi connectivity index (χ1n) is 9.26. The number of morpholine rings is 1. The van der Waals surface area contributed by atoms with Crippen LogP contribution in [0.1, 0.15) is 19.8 Å². The molecule has 7 nitrogen and oxygen atoms in total. The monoisotopic (exact) mass is 415 g/mol. The molecular weight excluding hydrogens is 390 g/mol. The molecule has 1 aromatic rings. The lowest BCUT2D eigenvalue weighted by Crippen LogP contribution is -2.40. The van der Waals surface area contributed by atoms with Gasteiger partial charge in [-0.15, -0.1) is 0 Å². The lowest BCUT2D eigenvalue weighted by molar-refractivity contribution is -0.117. The molecule has 0 bridgehead atoms. The summed E-state index contributed by atoms with van der Waals surface area (Å²) in [7, 11) is -3.64. The Morgan fingerprint density at radius 3 is 2.74 bits per heavy atom. The molecule has 27 heavy (non-hydrogen) atoms. The number of benzene rings is 1. The molecule has 9 heteroatoms. The number of rotatable bonds is 5. The zero-order valence-corrected chi connectivity index (χ0v) is 17.1. The number of nitrogens with one attached hydrogen (secondary N) is 1. The molecule has 0 spiro atoms. The van der Waals surface area contributed by atoms with Crippen molar-refractivity contribution >= 4 is 33.2 Å². The van der Waals surface area contributed by atoms with Gasteiger partial charge in [-0.25, -0.2) is 8.42 Å². The zero-order chi connectivity index (χ0) is 19.4. The summed E-state index contributed by atoms with van der Waals surface area (Å²) in [4.78, 5) is 14.7. The normalized spacial score (nSPS) is 22.5.